The second-order valence-electron chi connectivity index (χ2n) is 6.61. The Labute approximate surface area is 177 Å². The van der Waals surface area contributed by atoms with E-state index in [9.17, 15) is 9.90 Å². The summed E-state index contributed by atoms with van der Waals surface area (Å²) in [6.45, 7) is 3.17. The number of aliphatic hydroxyl groups is 1. The summed E-state index contributed by atoms with van der Waals surface area (Å²) in [4.78, 5) is 16.6. The van der Waals surface area contributed by atoms with E-state index in [2.05, 4.69) is 10.1 Å². The van der Waals surface area contributed by atoms with E-state index in [1.807, 2.05) is 0 Å². The predicted octanol–water partition coefficient (Wildman–Crippen LogP) is 4.22. The van der Waals surface area contributed by atoms with Gasteiger partial charge in [0.25, 0.3) is 0 Å². The third kappa shape index (κ3) is 5.06. The topological polar surface area (TPSA) is 86.5 Å². The lowest BCUT2D eigenvalue weighted by molar-refractivity contribution is -0.173. The minimum atomic E-state index is -2.06. The van der Waals surface area contributed by atoms with Gasteiger partial charge in [0, 0.05) is 10.6 Å². The molecule has 0 aliphatic heterocycles. The molecule has 0 saturated carbocycles. The van der Waals surface area contributed by atoms with E-state index >= 15 is 0 Å². The molecule has 0 bridgehead atoms. The van der Waals surface area contributed by atoms with E-state index in [0.29, 0.717) is 16.5 Å². The van der Waals surface area contributed by atoms with Crippen molar-refractivity contribution >= 4 is 29.2 Å². The van der Waals surface area contributed by atoms with Crippen LogP contribution in [0.15, 0.2) is 55.1 Å². The maximum atomic E-state index is 12.7. The zero-order valence-corrected chi connectivity index (χ0v) is 17.3. The number of nitrogens with zero attached hydrogens (tertiary/aromatic N) is 3. The van der Waals surface area contributed by atoms with Gasteiger partial charge in [-0.05, 0) is 50.2 Å². The molecule has 0 radical (unpaired) electrons. The highest BCUT2D eigenvalue weighted by atomic mass is 35.5. The van der Waals surface area contributed by atoms with E-state index in [-0.39, 0.29) is 17.1 Å². The molecular weight excluding hydrogens is 417 g/mol. The molecule has 9 heteroatoms. The minimum absolute atomic E-state index is 0.139. The zero-order chi connectivity index (χ0) is 21.0. The van der Waals surface area contributed by atoms with Crippen LogP contribution in [0.5, 0.6) is 11.5 Å². The highest BCUT2D eigenvalue weighted by molar-refractivity contribution is 6.32. The summed E-state index contributed by atoms with van der Waals surface area (Å²) in [5, 5.41) is 15.9. The Hall–Kier alpha value is -2.61. The Kier molecular flexibility index (Phi) is 6.42. The van der Waals surface area contributed by atoms with Gasteiger partial charge >= 0.3 is 5.97 Å². The van der Waals surface area contributed by atoms with Crippen molar-refractivity contribution in [2.45, 2.75) is 32.1 Å². The third-order valence-electron chi connectivity index (χ3n) is 3.97. The smallest absolute Gasteiger partial charge is 0.345 e. The number of aromatic nitrogens is 3. The molecule has 0 amide bonds. The summed E-state index contributed by atoms with van der Waals surface area (Å²) in [7, 11) is 0. The number of hydrogen-bond donors (Lipinski definition) is 1. The van der Waals surface area contributed by atoms with Gasteiger partial charge in [-0.25, -0.2) is 14.5 Å². The van der Waals surface area contributed by atoms with Crippen LogP contribution in [0.4, 0.5) is 0 Å². The lowest BCUT2D eigenvalue weighted by atomic mass is 9.93. The molecule has 7 nitrogen and oxygen atoms in total. The Balaban J connectivity index is 1.92. The van der Waals surface area contributed by atoms with Crippen LogP contribution in [0.3, 0.4) is 0 Å². The van der Waals surface area contributed by atoms with E-state index in [1.54, 1.807) is 44.2 Å². The number of hydrogen-bond acceptors (Lipinski definition) is 6. The van der Waals surface area contributed by atoms with Gasteiger partial charge in [0.05, 0.1) is 17.7 Å². The fourth-order valence-corrected chi connectivity index (χ4v) is 3.11. The molecule has 29 heavy (non-hydrogen) atoms. The molecule has 3 aromatic rings. The standard InChI is InChI=1S/C20H19Cl2N3O4/c1-13(2)28-19(26)20(27,10-25-12-23-11-24-25)17-8-7-16(9-18(17)22)29-15-5-3-14(21)4-6-15/h3-9,11-13,27H,10H2,1-2H3. The van der Waals surface area contributed by atoms with Crippen LogP contribution in [0, 0.1) is 0 Å². The molecule has 0 spiro atoms. The van der Waals surface area contributed by atoms with Crippen molar-refractivity contribution in [2.24, 2.45) is 0 Å². The summed E-state index contributed by atoms with van der Waals surface area (Å²) < 4.78 is 12.3. The number of halogens is 2. The van der Waals surface area contributed by atoms with Crippen LogP contribution < -0.4 is 4.74 Å². The van der Waals surface area contributed by atoms with Crippen molar-refractivity contribution in [1.29, 1.82) is 0 Å². The van der Waals surface area contributed by atoms with Gasteiger partial charge in [0.15, 0.2) is 0 Å². The summed E-state index contributed by atoms with van der Waals surface area (Å²) in [6, 6.07) is 11.5. The average Bonchev–Trinajstić information content (AvgIpc) is 3.16. The first-order valence-electron chi connectivity index (χ1n) is 8.77. The van der Waals surface area contributed by atoms with Crippen LogP contribution in [0.1, 0.15) is 19.4 Å². The fourth-order valence-electron chi connectivity index (χ4n) is 2.65. The second kappa shape index (κ2) is 8.82. The van der Waals surface area contributed by atoms with Gasteiger partial charge < -0.3 is 14.6 Å². The molecule has 1 N–H and O–H groups in total. The van der Waals surface area contributed by atoms with Crippen LogP contribution in [-0.2, 0) is 21.7 Å². The molecular formula is C20H19Cl2N3O4. The molecule has 1 atom stereocenters. The first-order valence-corrected chi connectivity index (χ1v) is 9.53. The molecule has 0 saturated heterocycles. The van der Waals surface area contributed by atoms with Crippen LogP contribution in [0.2, 0.25) is 10.0 Å². The van der Waals surface area contributed by atoms with Crippen molar-refractivity contribution in [3.8, 4) is 11.5 Å². The molecule has 0 aliphatic rings. The maximum absolute atomic E-state index is 12.7. The van der Waals surface area contributed by atoms with Gasteiger partial charge in [0.2, 0.25) is 5.60 Å². The summed E-state index contributed by atoms with van der Waals surface area (Å²) in [5.74, 6) is 0.160. The third-order valence-corrected chi connectivity index (χ3v) is 4.54. The molecule has 0 fully saturated rings. The summed E-state index contributed by atoms with van der Waals surface area (Å²) >= 11 is 12.3. The molecule has 1 heterocycles. The fraction of sp³-hybridized carbons (Fsp3) is 0.250. The van der Waals surface area contributed by atoms with E-state index in [1.165, 1.54) is 29.5 Å². The predicted molar refractivity (Wildman–Crippen MR) is 108 cm³/mol. The molecule has 3 rings (SSSR count). The molecule has 1 aromatic heterocycles. The molecule has 2 aromatic carbocycles. The number of benzene rings is 2. The van der Waals surface area contributed by atoms with E-state index < -0.39 is 17.7 Å². The Bertz CT molecular complexity index is 978. The van der Waals surface area contributed by atoms with Gasteiger partial charge in [-0.3, -0.25) is 0 Å². The van der Waals surface area contributed by atoms with Crippen molar-refractivity contribution < 1.29 is 19.4 Å². The quantitative estimate of drug-likeness (QED) is 0.559. The molecule has 152 valence electrons. The largest absolute Gasteiger partial charge is 0.461 e. The first kappa shape index (κ1) is 21.1. The van der Waals surface area contributed by atoms with Crippen molar-refractivity contribution in [2.75, 3.05) is 0 Å². The van der Waals surface area contributed by atoms with Gasteiger partial charge in [-0.15, -0.1) is 0 Å². The minimum Gasteiger partial charge on any atom is -0.461 e. The summed E-state index contributed by atoms with van der Waals surface area (Å²) in [5.41, 5.74) is -1.89. The van der Waals surface area contributed by atoms with Crippen molar-refractivity contribution in [3.05, 3.63) is 70.7 Å². The van der Waals surface area contributed by atoms with Gasteiger partial charge in [-0.1, -0.05) is 29.3 Å². The van der Waals surface area contributed by atoms with Gasteiger partial charge in [-0.2, -0.15) is 5.10 Å². The Morgan fingerprint density at radius 2 is 1.86 bits per heavy atom. The Morgan fingerprint density at radius 1 is 1.17 bits per heavy atom. The molecule has 0 aliphatic carbocycles. The highest BCUT2D eigenvalue weighted by Gasteiger charge is 2.43. The monoisotopic (exact) mass is 435 g/mol. The van der Waals surface area contributed by atoms with E-state index in [4.69, 9.17) is 32.7 Å². The molecule has 1 unspecified atom stereocenters. The maximum Gasteiger partial charge on any atom is 0.345 e. The highest BCUT2D eigenvalue weighted by Crippen LogP contribution is 2.35. The lowest BCUT2D eigenvalue weighted by Gasteiger charge is -2.28. The number of carbonyl (C=O) groups is 1. The van der Waals surface area contributed by atoms with Crippen LogP contribution >= 0.6 is 23.2 Å². The normalized spacial score (nSPS) is 13.2. The SMILES string of the molecule is CC(C)OC(=O)C(O)(Cn1cncn1)c1ccc(Oc2ccc(Cl)cc2)cc1Cl. The van der Waals surface area contributed by atoms with Crippen molar-refractivity contribution in [3.63, 3.8) is 0 Å². The van der Waals surface area contributed by atoms with Crippen LogP contribution in [-0.4, -0.2) is 31.9 Å². The first-order chi connectivity index (χ1) is 13.8. The number of rotatable bonds is 7. The Morgan fingerprint density at radius 3 is 2.45 bits per heavy atom. The average molecular weight is 436 g/mol. The zero-order valence-electron chi connectivity index (χ0n) is 15.8. The second-order valence-corrected chi connectivity index (χ2v) is 7.45. The van der Waals surface area contributed by atoms with E-state index in [0.717, 1.165) is 0 Å². The number of esters is 1. The number of ether oxygens (including phenoxy) is 2. The van der Waals surface area contributed by atoms with Gasteiger partial charge in [0.1, 0.15) is 24.2 Å². The number of carbonyl (C=O) groups excluding carboxylic acids is 1. The summed E-state index contributed by atoms with van der Waals surface area (Å²) in [6.07, 6.45) is 2.27. The lowest BCUT2D eigenvalue weighted by Crippen LogP contribution is -2.42. The van der Waals surface area contributed by atoms with Crippen LogP contribution in [0.25, 0.3) is 0 Å². The van der Waals surface area contributed by atoms with Crippen molar-refractivity contribution in [1.82, 2.24) is 14.8 Å².